The van der Waals surface area contributed by atoms with Crippen LogP contribution in [0.15, 0.2) is 12.3 Å². The Bertz CT molecular complexity index is 406. The van der Waals surface area contributed by atoms with E-state index in [4.69, 9.17) is 0 Å². The van der Waals surface area contributed by atoms with E-state index in [1.807, 2.05) is 0 Å². The molecule has 0 aliphatic rings. The Morgan fingerprint density at radius 3 is 2.62 bits per heavy atom. The van der Waals surface area contributed by atoms with Gasteiger partial charge in [0.15, 0.2) is 0 Å². The summed E-state index contributed by atoms with van der Waals surface area (Å²) >= 11 is 0. The maximum absolute atomic E-state index is 12.3. The molecule has 1 aromatic heterocycles. The lowest BCUT2D eigenvalue weighted by Crippen LogP contribution is -2.10. The molecule has 8 heteroatoms. The minimum atomic E-state index is -4.61. The number of anilines is 1. The van der Waals surface area contributed by atoms with Crippen LogP contribution >= 0.6 is 0 Å². The average Bonchev–Trinajstić information content (AvgIpc) is 2.16. The number of rotatable bonds is 3. The minimum absolute atomic E-state index is 0.185. The molecule has 0 aromatic carbocycles. The predicted molar refractivity (Wildman–Crippen MR) is 50.1 cm³/mol. The summed E-state index contributed by atoms with van der Waals surface area (Å²) in [7, 11) is 0. The molecule has 0 spiro atoms. The van der Waals surface area contributed by atoms with E-state index >= 15 is 0 Å². The van der Waals surface area contributed by atoms with Crippen molar-refractivity contribution in [1.29, 1.82) is 0 Å². The van der Waals surface area contributed by atoms with Crippen molar-refractivity contribution >= 4 is 11.4 Å². The molecular formula is C8H8F3N3O2. The first-order chi connectivity index (χ1) is 7.36. The van der Waals surface area contributed by atoms with Crippen LogP contribution in [0, 0.1) is 10.1 Å². The van der Waals surface area contributed by atoms with Gasteiger partial charge >= 0.3 is 11.9 Å². The summed E-state index contributed by atoms with van der Waals surface area (Å²) in [6, 6.07) is 0.627. The zero-order valence-electron chi connectivity index (χ0n) is 8.21. The van der Waals surface area contributed by atoms with Crippen molar-refractivity contribution in [2.45, 2.75) is 13.1 Å². The lowest BCUT2D eigenvalue weighted by molar-refractivity contribution is -0.384. The lowest BCUT2D eigenvalue weighted by atomic mass is 10.2. The Balaban J connectivity index is 3.22. The third kappa shape index (κ3) is 2.59. The molecule has 5 nitrogen and oxygen atoms in total. The van der Waals surface area contributed by atoms with Gasteiger partial charge in [-0.2, -0.15) is 13.2 Å². The van der Waals surface area contributed by atoms with Gasteiger partial charge in [0.1, 0.15) is 17.6 Å². The highest BCUT2D eigenvalue weighted by Gasteiger charge is 2.34. The van der Waals surface area contributed by atoms with Gasteiger partial charge in [-0.25, -0.2) is 4.98 Å². The number of halogens is 3. The van der Waals surface area contributed by atoms with Gasteiger partial charge in [0.05, 0.1) is 4.92 Å². The fraction of sp³-hybridized carbons (Fsp3) is 0.375. The Morgan fingerprint density at radius 2 is 2.19 bits per heavy atom. The van der Waals surface area contributed by atoms with Gasteiger partial charge in [-0.15, -0.1) is 0 Å². The van der Waals surface area contributed by atoms with E-state index in [1.165, 1.54) is 0 Å². The van der Waals surface area contributed by atoms with Crippen molar-refractivity contribution in [3.63, 3.8) is 0 Å². The summed E-state index contributed by atoms with van der Waals surface area (Å²) < 4.78 is 36.8. The maximum Gasteiger partial charge on any atom is 0.433 e. The predicted octanol–water partition coefficient (Wildman–Crippen LogP) is 2.44. The summed E-state index contributed by atoms with van der Waals surface area (Å²) in [5.41, 5.74) is -1.82. The largest absolute Gasteiger partial charge is 0.433 e. The zero-order valence-corrected chi connectivity index (χ0v) is 8.21. The van der Waals surface area contributed by atoms with E-state index in [1.54, 1.807) is 6.92 Å². The first-order valence-corrected chi connectivity index (χ1v) is 4.31. The average molecular weight is 235 g/mol. The van der Waals surface area contributed by atoms with Crippen LogP contribution in [0.3, 0.4) is 0 Å². The SMILES string of the molecule is CCNc1cc(C(F)(F)F)ncc1[N+](=O)[O-]. The first kappa shape index (κ1) is 12.2. The van der Waals surface area contributed by atoms with Crippen LogP contribution in [0.25, 0.3) is 0 Å². The second-order valence-electron chi connectivity index (χ2n) is 2.87. The molecule has 1 aromatic rings. The molecule has 0 aliphatic carbocycles. The molecule has 1 rings (SSSR count). The Morgan fingerprint density at radius 1 is 1.56 bits per heavy atom. The van der Waals surface area contributed by atoms with E-state index in [-0.39, 0.29) is 12.2 Å². The van der Waals surface area contributed by atoms with Crippen molar-refractivity contribution in [3.8, 4) is 0 Å². The summed E-state index contributed by atoms with van der Waals surface area (Å²) in [5.74, 6) is 0. The van der Waals surface area contributed by atoms with Crippen LogP contribution in [-0.4, -0.2) is 16.5 Å². The molecule has 0 radical (unpaired) electrons. The molecule has 1 N–H and O–H groups in total. The summed E-state index contributed by atoms with van der Waals surface area (Å²) in [5, 5.41) is 13.0. The van der Waals surface area contributed by atoms with Gasteiger partial charge in [-0.3, -0.25) is 10.1 Å². The lowest BCUT2D eigenvalue weighted by Gasteiger charge is -2.08. The third-order valence-corrected chi connectivity index (χ3v) is 1.74. The number of nitro groups is 1. The molecule has 0 fully saturated rings. The zero-order chi connectivity index (χ0) is 12.3. The van der Waals surface area contributed by atoms with Crippen molar-refractivity contribution in [3.05, 3.63) is 28.1 Å². The number of pyridine rings is 1. The Labute approximate surface area is 88.4 Å². The fourth-order valence-corrected chi connectivity index (χ4v) is 1.08. The molecule has 16 heavy (non-hydrogen) atoms. The first-order valence-electron chi connectivity index (χ1n) is 4.31. The molecule has 0 saturated carbocycles. The van der Waals surface area contributed by atoms with Gasteiger partial charge < -0.3 is 5.32 Å². The molecule has 88 valence electrons. The number of alkyl halides is 3. The van der Waals surface area contributed by atoms with Gasteiger partial charge in [0.25, 0.3) is 0 Å². The number of hydrogen-bond acceptors (Lipinski definition) is 4. The molecule has 0 atom stereocenters. The number of aromatic nitrogens is 1. The van der Waals surface area contributed by atoms with Gasteiger partial charge in [-0.1, -0.05) is 0 Å². The normalized spacial score (nSPS) is 11.2. The van der Waals surface area contributed by atoms with Crippen molar-refractivity contribution in [2.24, 2.45) is 0 Å². The van der Waals surface area contributed by atoms with Gasteiger partial charge in [0, 0.05) is 6.54 Å². The van der Waals surface area contributed by atoms with Crippen LogP contribution < -0.4 is 5.32 Å². The second kappa shape index (κ2) is 4.33. The molecular weight excluding hydrogens is 227 g/mol. The van der Waals surface area contributed by atoms with Crippen LogP contribution in [0.4, 0.5) is 24.5 Å². The van der Waals surface area contributed by atoms with Gasteiger partial charge in [-0.05, 0) is 13.0 Å². The molecule has 0 amide bonds. The highest BCUT2D eigenvalue weighted by Crippen LogP contribution is 2.32. The van der Waals surface area contributed by atoms with E-state index in [0.29, 0.717) is 12.3 Å². The van der Waals surface area contributed by atoms with Crippen molar-refractivity contribution in [1.82, 2.24) is 4.98 Å². The standard InChI is InChI=1S/C8H8F3N3O2/c1-2-12-5-3-7(8(9,10)11)13-4-6(5)14(15)16/h3-4H,2H2,1H3,(H,12,13). The van der Waals surface area contributed by atoms with Crippen molar-refractivity contribution < 1.29 is 18.1 Å². The molecule has 0 unspecified atom stereocenters. The molecule has 1 heterocycles. The molecule has 0 bridgehead atoms. The summed E-state index contributed by atoms with van der Waals surface area (Å²) in [4.78, 5) is 12.7. The second-order valence-corrected chi connectivity index (χ2v) is 2.87. The van der Waals surface area contributed by atoms with Crippen LogP contribution in [0.2, 0.25) is 0 Å². The van der Waals surface area contributed by atoms with E-state index in [2.05, 4.69) is 10.3 Å². The van der Waals surface area contributed by atoms with E-state index in [0.717, 1.165) is 0 Å². The highest BCUT2D eigenvalue weighted by molar-refractivity contribution is 5.60. The fourth-order valence-electron chi connectivity index (χ4n) is 1.08. The molecule has 0 aliphatic heterocycles. The smallest absolute Gasteiger partial charge is 0.380 e. The monoisotopic (exact) mass is 235 g/mol. The van der Waals surface area contributed by atoms with Crippen LogP contribution in [0.5, 0.6) is 0 Å². The van der Waals surface area contributed by atoms with Crippen LogP contribution in [-0.2, 0) is 6.18 Å². The highest BCUT2D eigenvalue weighted by atomic mass is 19.4. The summed E-state index contributed by atoms with van der Waals surface area (Å²) in [6.45, 7) is 1.90. The molecule has 0 saturated heterocycles. The minimum Gasteiger partial charge on any atom is -0.380 e. The number of nitrogens with one attached hydrogen (secondary N) is 1. The quantitative estimate of drug-likeness (QED) is 0.645. The number of hydrogen-bond donors (Lipinski definition) is 1. The van der Waals surface area contributed by atoms with E-state index < -0.39 is 22.5 Å². The topological polar surface area (TPSA) is 68.1 Å². The Kier molecular flexibility index (Phi) is 3.31. The summed E-state index contributed by atoms with van der Waals surface area (Å²) in [6.07, 6.45) is -4.01. The Hall–Kier alpha value is -1.86. The van der Waals surface area contributed by atoms with Gasteiger partial charge in [0.2, 0.25) is 0 Å². The van der Waals surface area contributed by atoms with Crippen molar-refractivity contribution in [2.75, 3.05) is 11.9 Å². The van der Waals surface area contributed by atoms with E-state index in [9.17, 15) is 23.3 Å². The third-order valence-electron chi connectivity index (χ3n) is 1.74. The van der Waals surface area contributed by atoms with Crippen LogP contribution in [0.1, 0.15) is 12.6 Å². The maximum atomic E-state index is 12.3. The number of nitrogens with zero attached hydrogens (tertiary/aromatic N) is 2.